The van der Waals surface area contributed by atoms with Crippen molar-refractivity contribution >= 4 is 28.5 Å². The van der Waals surface area contributed by atoms with E-state index in [4.69, 9.17) is 15.5 Å². The number of rotatable bonds is 14. The number of hydrogen-bond donors (Lipinski definition) is 3. The fourth-order valence-corrected chi connectivity index (χ4v) is 7.52. The first-order valence-electron chi connectivity index (χ1n) is 17.9. The molecule has 2 aliphatic rings. The zero-order valence-electron chi connectivity index (χ0n) is 29.7. The summed E-state index contributed by atoms with van der Waals surface area (Å²) in [4.78, 5) is 45.1. The van der Waals surface area contributed by atoms with Crippen LogP contribution < -0.4 is 21.1 Å². The van der Waals surface area contributed by atoms with E-state index in [9.17, 15) is 27.6 Å². The lowest BCUT2D eigenvalue weighted by molar-refractivity contribution is -0.916. The second-order valence-electron chi connectivity index (χ2n) is 14.5. The Bertz CT molecular complexity index is 1710. The molecule has 1 saturated heterocycles. The molecular formula is C38H50F3N6O4+. The summed E-state index contributed by atoms with van der Waals surface area (Å²) in [6.45, 7) is 4.08. The van der Waals surface area contributed by atoms with E-state index in [1.165, 1.54) is 6.07 Å². The number of hydrogen-bond acceptors (Lipinski definition) is 6. The van der Waals surface area contributed by atoms with Crippen LogP contribution in [0.2, 0.25) is 0 Å². The van der Waals surface area contributed by atoms with Gasteiger partial charge in [-0.25, -0.2) is 4.98 Å². The molecule has 1 saturated carbocycles. The van der Waals surface area contributed by atoms with Crippen LogP contribution in [0.15, 0.2) is 54.6 Å². The van der Waals surface area contributed by atoms with E-state index >= 15 is 0 Å². The van der Waals surface area contributed by atoms with Crippen LogP contribution in [0.4, 0.5) is 13.2 Å². The topological polar surface area (TPSA) is 127 Å². The molecule has 2 aromatic carbocycles. The Balaban J connectivity index is 1.11. The predicted molar refractivity (Wildman–Crippen MR) is 189 cm³/mol. The number of unbranched alkanes of at least 4 members (excludes halogenated alkanes) is 1. The van der Waals surface area contributed by atoms with Crippen LogP contribution in [0.3, 0.4) is 0 Å². The molecule has 276 valence electrons. The van der Waals surface area contributed by atoms with Gasteiger partial charge in [0.2, 0.25) is 17.7 Å². The van der Waals surface area contributed by atoms with E-state index in [2.05, 4.69) is 48.7 Å². The number of fused-ring (bicyclic) bond motifs is 1. The normalized spacial score (nSPS) is 21.4. The van der Waals surface area contributed by atoms with Crippen LogP contribution in [-0.2, 0) is 22.2 Å². The lowest BCUT2D eigenvalue weighted by atomic mass is 9.76. The number of halogens is 3. The van der Waals surface area contributed by atoms with Gasteiger partial charge in [0, 0.05) is 48.6 Å². The number of aromatic nitrogens is 1. The van der Waals surface area contributed by atoms with Crippen LogP contribution in [0.25, 0.3) is 10.8 Å². The molecule has 51 heavy (non-hydrogen) atoms. The smallest absolute Gasteiger partial charge is 0.416 e. The van der Waals surface area contributed by atoms with Gasteiger partial charge in [-0.15, -0.1) is 0 Å². The largest absolute Gasteiger partial charge is 0.471 e. The zero-order valence-corrected chi connectivity index (χ0v) is 29.7. The minimum absolute atomic E-state index is 0.184. The first kappa shape index (κ1) is 38.0. The number of carbonyl (C=O) groups excluding carboxylic acids is 3. The fraction of sp³-hybridized carbons (Fsp3) is 0.526. The maximum absolute atomic E-state index is 13.0. The molecule has 3 amide bonds. The summed E-state index contributed by atoms with van der Waals surface area (Å²) < 4.78 is 46.1. The SMILES string of the molecule is CCCCc1cc2ccccc2c(OCC[N+](C)(C)C2CCC(C(N)=O)(N3CC[C@@H](NC(=O)CNC(=O)c4cccc(C(F)(F)F)c4)C3)CC2)n1. The van der Waals surface area contributed by atoms with E-state index in [0.29, 0.717) is 50.9 Å². The molecule has 4 N–H and O–H groups in total. The summed E-state index contributed by atoms with van der Waals surface area (Å²) in [6.07, 6.45) is 1.93. The third kappa shape index (κ3) is 9.17. The summed E-state index contributed by atoms with van der Waals surface area (Å²) in [5, 5.41) is 7.42. The highest BCUT2D eigenvalue weighted by atomic mass is 19.4. The summed E-state index contributed by atoms with van der Waals surface area (Å²) in [5.41, 5.74) is 5.17. The average molecular weight is 712 g/mol. The molecule has 13 heteroatoms. The number of carbonyl (C=O) groups is 3. The van der Waals surface area contributed by atoms with Gasteiger partial charge in [0.05, 0.1) is 32.2 Å². The Labute approximate surface area is 297 Å². The van der Waals surface area contributed by atoms with Crippen molar-refractivity contribution in [3.63, 3.8) is 0 Å². The Hall–Kier alpha value is -4.23. The quantitative estimate of drug-likeness (QED) is 0.206. The number of amides is 3. The van der Waals surface area contributed by atoms with E-state index in [1.54, 1.807) is 0 Å². The molecule has 5 rings (SSSR count). The van der Waals surface area contributed by atoms with Crippen molar-refractivity contribution in [3.8, 4) is 5.88 Å². The highest BCUT2D eigenvalue weighted by molar-refractivity contribution is 5.96. The molecule has 1 aliphatic heterocycles. The number of nitrogens with zero attached hydrogens (tertiary/aromatic N) is 3. The third-order valence-corrected chi connectivity index (χ3v) is 10.7. The zero-order chi connectivity index (χ0) is 36.8. The molecular weight excluding hydrogens is 661 g/mol. The number of ether oxygens (including phenoxy) is 1. The lowest BCUT2D eigenvalue weighted by Crippen LogP contribution is -2.62. The first-order chi connectivity index (χ1) is 24.2. The first-order valence-corrected chi connectivity index (χ1v) is 17.9. The molecule has 1 aromatic heterocycles. The van der Waals surface area contributed by atoms with Crippen LogP contribution in [-0.4, -0.2) is 96.6 Å². The van der Waals surface area contributed by atoms with Crippen LogP contribution >= 0.6 is 0 Å². The molecule has 2 fully saturated rings. The standard InChI is InChI=1S/C38H49F3N6O4/c1-4-5-12-29-23-26-9-6-7-13-32(26)35(45-29)51-21-20-47(2,3)31-14-17-37(18-15-31,36(42)50)46-19-16-30(25-46)44-33(48)24-43-34(49)27-10-8-11-28(22-27)38(39,40)41/h6-11,13,22-23,30-31H,4-5,12,14-21,24-25H2,1-3H3,(H3-,42,43,44,48,49,50)/p+1/t30-,31?,37?/m1/s1. The Kier molecular flexibility index (Phi) is 11.9. The van der Waals surface area contributed by atoms with Crippen LogP contribution in [0, 0.1) is 0 Å². The van der Waals surface area contributed by atoms with Gasteiger partial charge in [-0.3, -0.25) is 19.3 Å². The van der Waals surface area contributed by atoms with Crippen molar-refractivity contribution in [1.82, 2.24) is 20.5 Å². The number of alkyl halides is 3. The highest BCUT2D eigenvalue weighted by Crippen LogP contribution is 2.39. The average Bonchev–Trinajstić information content (AvgIpc) is 3.58. The van der Waals surface area contributed by atoms with Crippen molar-refractivity contribution < 1.29 is 36.8 Å². The van der Waals surface area contributed by atoms with Crippen molar-refractivity contribution in [2.75, 3.05) is 46.9 Å². The maximum atomic E-state index is 13.0. The molecule has 2 heterocycles. The van der Waals surface area contributed by atoms with E-state index < -0.39 is 29.1 Å². The minimum atomic E-state index is -4.58. The van der Waals surface area contributed by atoms with Crippen LogP contribution in [0.1, 0.15) is 73.5 Å². The molecule has 3 aromatic rings. The second kappa shape index (κ2) is 16.0. The lowest BCUT2D eigenvalue weighted by Gasteiger charge is -2.48. The number of nitrogens with two attached hydrogens (primary N) is 1. The number of quaternary nitrogens is 1. The van der Waals surface area contributed by atoms with E-state index in [1.807, 2.05) is 18.2 Å². The predicted octanol–water partition coefficient (Wildman–Crippen LogP) is 4.84. The number of likely N-dealkylation sites (tertiary alicyclic amines) is 1. The van der Waals surface area contributed by atoms with E-state index in [-0.39, 0.29) is 24.1 Å². The number of primary amides is 1. The van der Waals surface area contributed by atoms with Gasteiger partial charge >= 0.3 is 6.18 Å². The summed E-state index contributed by atoms with van der Waals surface area (Å²) in [5.74, 6) is -0.931. The van der Waals surface area contributed by atoms with Gasteiger partial charge < -0.3 is 25.6 Å². The summed E-state index contributed by atoms with van der Waals surface area (Å²) in [7, 11) is 4.39. The maximum Gasteiger partial charge on any atom is 0.416 e. The Morgan fingerprint density at radius 3 is 2.51 bits per heavy atom. The molecule has 0 bridgehead atoms. The molecule has 1 atom stereocenters. The highest BCUT2D eigenvalue weighted by Gasteiger charge is 2.50. The third-order valence-electron chi connectivity index (χ3n) is 10.7. The van der Waals surface area contributed by atoms with Crippen molar-refractivity contribution in [1.29, 1.82) is 0 Å². The van der Waals surface area contributed by atoms with Crippen molar-refractivity contribution in [2.24, 2.45) is 5.73 Å². The van der Waals surface area contributed by atoms with Gasteiger partial charge in [0.1, 0.15) is 18.7 Å². The Morgan fingerprint density at radius 1 is 1.06 bits per heavy atom. The number of pyridine rings is 1. The minimum Gasteiger partial charge on any atom is -0.471 e. The fourth-order valence-electron chi connectivity index (χ4n) is 7.52. The molecule has 10 nitrogen and oxygen atoms in total. The summed E-state index contributed by atoms with van der Waals surface area (Å²) in [6, 6.07) is 14.4. The molecule has 0 unspecified atom stereocenters. The number of aryl methyl sites for hydroxylation is 1. The number of benzene rings is 2. The Morgan fingerprint density at radius 2 is 1.80 bits per heavy atom. The van der Waals surface area contributed by atoms with Gasteiger partial charge in [-0.05, 0) is 67.8 Å². The summed E-state index contributed by atoms with van der Waals surface area (Å²) >= 11 is 0. The van der Waals surface area contributed by atoms with Crippen molar-refractivity contribution in [3.05, 3.63) is 71.4 Å². The monoisotopic (exact) mass is 711 g/mol. The van der Waals surface area contributed by atoms with Gasteiger partial charge in [0.15, 0.2) is 0 Å². The van der Waals surface area contributed by atoms with Gasteiger partial charge in [-0.1, -0.05) is 37.6 Å². The number of nitrogens with one attached hydrogen (secondary N) is 2. The van der Waals surface area contributed by atoms with E-state index in [0.717, 1.165) is 77.8 Å². The van der Waals surface area contributed by atoms with Crippen molar-refractivity contribution in [2.45, 2.75) is 82.1 Å². The number of likely N-dealkylation sites (N-methyl/N-ethyl adjacent to an activating group) is 1. The van der Waals surface area contributed by atoms with Gasteiger partial charge in [-0.2, -0.15) is 13.2 Å². The molecule has 0 radical (unpaired) electrons. The van der Waals surface area contributed by atoms with Gasteiger partial charge in [0.25, 0.3) is 5.91 Å². The molecule has 0 spiro atoms. The molecule has 1 aliphatic carbocycles. The van der Waals surface area contributed by atoms with Crippen LogP contribution in [0.5, 0.6) is 5.88 Å². The second-order valence-corrected chi connectivity index (χ2v) is 14.5.